The number of piperazine rings is 1. The molecule has 0 aliphatic carbocycles. The molecule has 0 aromatic heterocycles. The molecular weight excluding hydrogens is 342 g/mol. The molecule has 0 saturated carbocycles. The molecule has 0 radical (unpaired) electrons. The van der Waals surface area contributed by atoms with Gasteiger partial charge in [-0.2, -0.15) is 0 Å². The van der Waals surface area contributed by atoms with Crippen molar-refractivity contribution in [2.45, 2.75) is 38.3 Å². The number of quaternary nitrogens is 1. The minimum atomic E-state index is 0.120. The van der Waals surface area contributed by atoms with Crippen LogP contribution in [0, 0.1) is 0 Å². The van der Waals surface area contributed by atoms with Crippen LogP contribution in [0.1, 0.15) is 41.6 Å². The van der Waals surface area contributed by atoms with E-state index in [0.29, 0.717) is 19.1 Å². The molecular formula is C21H30N3O3+. The van der Waals surface area contributed by atoms with Crippen molar-refractivity contribution in [3.63, 3.8) is 0 Å². The van der Waals surface area contributed by atoms with Gasteiger partial charge in [0, 0.05) is 31.7 Å². The lowest BCUT2D eigenvalue weighted by Gasteiger charge is -2.33. The first kappa shape index (κ1) is 18.4. The Morgan fingerprint density at radius 1 is 1.11 bits per heavy atom. The second-order valence-corrected chi connectivity index (χ2v) is 8.00. The third kappa shape index (κ3) is 4.50. The number of amides is 2. The Morgan fingerprint density at radius 2 is 1.89 bits per heavy atom. The number of carbonyl (C=O) groups is 2. The number of likely N-dealkylation sites (tertiary alicyclic amines) is 1. The molecule has 1 aromatic carbocycles. The van der Waals surface area contributed by atoms with Crippen molar-refractivity contribution in [3.8, 4) is 0 Å². The molecule has 3 aliphatic heterocycles. The first-order valence-corrected chi connectivity index (χ1v) is 10.3. The predicted molar refractivity (Wildman–Crippen MR) is 102 cm³/mol. The Balaban J connectivity index is 1.27. The third-order valence-electron chi connectivity index (χ3n) is 6.04. The van der Waals surface area contributed by atoms with Gasteiger partial charge in [-0.3, -0.25) is 9.59 Å². The number of rotatable bonds is 5. The summed E-state index contributed by atoms with van der Waals surface area (Å²) < 4.78 is 5.74. The average Bonchev–Trinajstić information content (AvgIpc) is 3.35. The Bertz CT molecular complexity index is 662. The molecule has 4 rings (SSSR count). The highest BCUT2D eigenvalue weighted by Crippen LogP contribution is 2.15. The van der Waals surface area contributed by atoms with Gasteiger partial charge in [-0.15, -0.1) is 0 Å². The summed E-state index contributed by atoms with van der Waals surface area (Å²) in [4.78, 5) is 30.0. The van der Waals surface area contributed by atoms with Crippen LogP contribution in [-0.2, 0) is 16.1 Å². The van der Waals surface area contributed by atoms with E-state index >= 15 is 0 Å². The van der Waals surface area contributed by atoms with Crippen molar-refractivity contribution in [3.05, 3.63) is 35.4 Å². The van der Waals surface area contributed by atoms with Gasteiger partial charge < -0.3 is 19.4 Å². The van der Waals surface area contributed by atoms with Gasteiger partial charge in [0.15, 0.2) is 0 Å². The van der Waals surface area contributed by atoms with Crippen LogP contribution in [0.4, 0.5) is 0 Å². The van der Waals surface area contributed by atoms with E-state index in [9.17, 15) is 9.59 Å². The molecule has 1 aromatic rings. The molecule has 2 amide bonds. The average molecular weight is 372 g/mol. The Labute approximate surface area is 161 Å². The Morgan fingerprint density at radius 3 is 2.52 bits per heavy atom. The normalized spacial score (nSPS) is 24.0. The van der Waals surface area contributed by atoms with Gasteiger partial charge in [0.1, 0.15) is 12.6 Å². The summed E-state index contributed by atoms with van der Waals surface area (Å²) in [5.74, 6) is 0.355. The molecule has 1 atom stereocenters. The van der Waals surface area contributed by atoms with Gasteiger partial charge in [0.05, 0.1) is 26.2 Å². The highest BCUT2D eigenvalue weighted by molar-refractivity contribution is 5.94. The Hall–Kier alpha value is -1.92. The topological polar surface area (TPSA) is 54.3 Å². The van der Waals surface area contributed by atoms with Crippen LogP contribution in [0.3, 0.4) is 0 Å². The van der Waals surface area contributed by atoms with Crippen molar-refractivity contribution < 1.29 is 19.2 Å². The molecule has 3 aliphatic rings. The summed E-state index contributed by atoms with van der Waals surface area (Å²) in [5.41, 5.74) is 1.83. The van der Waals surface area contributed by atoms with Crippen LogP contribution < -0.4 is 4.90 Å². The molecule has 3 saturated heterocycles. The van der Waals surface area contributed by atoms with Crippen molar-refractivity contribution in [1.29, 1.82) is 0 Å². The molecule has 6 nitrogen and oxygen atoms in total. The van der Waals surface area contributed by atoms with Crippen LogP contribution in [-0.4, -0.2) is 73.6 Å². The molecule has 3 fully saturated rings. The lowest BCUT2D eigenvalue weighted by atomic mass is 10.1. The summed E-state index contributed by atoms with van der Waals surface area (Å²) in [6.07, 6.45) is 4.40. The van der Waals surface area contributed by atoms with E-state index in [1.807, 2.05) is 34.1 Å². The zero-order valence-corrected chi connectivity index (χ0v) is 16.0. The van der Waals surface area contributed by atoms with Crippen molar-refractivity contribution in [2.24, 2.45) is 0 Å². The number of benzene rings is 1. The van der Waals surface area contributed by atoms with Gasteiger partial charge in [-0.1, -0.05) is 12.1 Å². The highest BCUT2D eigenvalue weighted by Gasteiger charge is 2.28. The van der Waals surface area contributed by atoms with Crippen LogP contribution in [0.2, 0.25) is 0 Å². The summed E-state index contributed by atoms with van der Waals surface area (Å²) in [7, 11) is 0. The maximum Gasteiger partial charge on any atom is 0.254 e. The maximum atomic E-state index is 12.8. The molecule has 146 valence electrons. The van der Waals surface area contributed by atoms with E-state index in [4.69, 9.17) is 4.74 Å². The second kappa shape index (κ2) is 8.40. The summed E-state index contributed by atoms with van der Waals surface area (Å²) in [5, 5.41) is 0. The van der Waals surface area contributed by atoms with Crippen molar-refractivity contribution >= 4 is 11.8 Å². The molecule has 3 heterocycles. The highest BCUT2D eigenvalue weighted by atomic mass is 16.5. The lowest BCUT2D eigenvalue weighted by molar-refractivity contribution is -0.906. The summed E-state index contributed by atoms with van der Waals surface area (Å²) in [6, 6.07) is 7.78. The van der Waals surface area contributed by atoms with Gasteiger partial charge in [0.2, 0.25) is 5.91 Å². The summed E-state index contributed by atoms with van der Waals surface area (Å²) in [6.45, 7) is 7.10. The molecule has 0 bridgehead atoms. The monoisotopic (exact) mass is 372 g/mol. The zero-order valence-electron chi connectivity index (χ0n) is 16.0. The summed E-state index contributed by atoms with van der Waals surface area (Å²) >= 11 is 0. The van der Waals surface area contributed by atoms with E-state index in [2.05, 4.69) is 0 Å². The van der Waals surface area contributed by atoms with Crippen LogP contribution in [0.15, 0.2) is 24.3 Å². The number of hydrogen-bond donors (Lipinski definition) is 1. The fourth-order valence-corrected chi connectivity index (χ4v) is 4.38. The van der Waals surface area contributed by atoms with E-state index in [1.54, 1.807) is 4.90 Å². The van der Waals surface area contributed by atoms with Crippen LogP contribution in [0.25, 0.3) is 0 Å². The Kier molecular flexibility index (Phi) is 5.74. The van der Waals surface area contributed by atoms with Crippen molar-refractivity contribution in [2.75, 3.05) is 45.9 Å². The number of nitrogens with one attached hydrogen (secondary N) is 1. The minimum Gasteiger partial charge on any atom is -0.372 e. The van der Waals surface area contributed by atoms with Gasteiger partial charge in [-0.25, -0.2) is 0 Å². The zero-order chi connectivity index (χ0) is 18.6. The van der Waals surface area contributed by atoms with Gasteiger partial charge >= 0.3 is 0 Å². The van der Waals surface area contributed by atoms with Crippen molar-refractivity contribution in [1.82, 2.24) is 9.80 Å². The fraction of sp³-hybridized carbons (Fsp3) is 0.619. The lowest BCUT2D eigenvalue weighted by Crippen LogP contribution is -3.15. The molecule has 6 heteroatoms. The maximum absolute atomic E-state index is 12.8. The van der Waals surface area contributed by atoms with E-state index < -0.39 is 0 Å². The first-order chi connectivity index (χ1) is 13.2. The first-order valence-electron chi connectivity index (χ1n) is 10.3. The molecule has 0 spiro atoms. The molecule has 1 N–H and O–H groups in total. The van der Waals surface area contributed by atoms with Crippen LogP contribution in [0.5, 0.6) is 0 Å². The minimum absolute atomic E-state index is 0.120. The van der Waals surface area contributed by atoms with E-state index in [1.165, 1.54) is 12.8 Å². The standard InChI is InChI=1S/C21H29N3O3/c25-20-4-1-9-24(20)15-17-5-7-18(8-6-17)21(26)23-12-10-22(11-13-23)16-19-3-2-14-27-19/h5-8,19H,1-4,9-16H2/p+1/t19-/m0/s1. The van der Waals surface area contributed by atoms with E-state index in [-0.39, 0.29) is 11.8 Å². The van der Waals surface area contributed by atoms with Gasteiger partial charge in [0.25, 0.3) is 5.91 Å². The second-order valence-electron chi connectivity index (χ2n) is 8.00. The number of ether oxygens (including phenoxy) is 1. The quantitative estimate of drug-likeness (QED) is 0.810. The SMILES string of the molecule is O=C1CCCN1Cc1ccc(C(=O)N2CC[NH+](C[C@@H]3CCCO3)CC2)cc1. The number of nitrogens with zero attached hydrogens (tertiary/aromatic N) is 2. The molecule has 0 unspecified atom stereocenters. The molecule has 27 heavy (non-hydrogen) atoms. The largest absolute Gasteiger partial charge is 0.372 e. The fourth-order valence-electron chi connectivity index (χ4n) is 4.38. The third-order valence-corrected chi connectivity index (χ3v) is 6.04. The van der Waals surface area contributed by atoms with E-state index in [0.717, 1.165) is 63.4 Å². The predicted octanol–water partition coefficient (Wildman–Crippen LogP) is 0.329. The number of hydrogen-bond acceptors (Lipinski definition) is 3. The van der Waals surface area contributed by atoms with Gasteiger partial charge in [-0.05, 0) is 37.0 Å². The smallest absolute Gasteiger partial charge is 0.254 e. The number of carbonyl (C=O) groups excluding carboxylic acids is 2. The van der Waals surface area contributed by atoms with Crippen LogP contribution >= 0.6 is 0 Å².